The highest BCUT2D eigenvalue weighted by atomic mass is 35.6. The van der Waals surface area contributed by atoms with Crippen LogP contribution in [-0.4, -0.2) is 23.1 Å². The van der Waals surface area contributed by atoms with Crippen LogP contribution in [0.2, 0.25) is 0 Å². The normalized spacial score (nSPS) is 11.0. The zero-order valence-electron chi connectivity index (χ0n) is 6.27. The minimum absolute atomic E-state index is 0.240. The van der Waals surface area contributed by atoms with Gasteiger partial charge in [-0.25, -0.2) is 4.79 Å². The number of nitrogens with one attached hydrogen (secondary N) is 1. The molecule has 1 amide bonds. The number of hydroxylamine groups is 1. The maximum absolute atomic E-state index is 10.5. The van der Waals surface area contributed by atoms with Crippen molar-refractivity contribution in [2.75, 3.05) is 13.2 Å². The highest BCUT2D eigenvalue weighted by Crippen LogP contribution is 2.25. The van der Waals surface area contributed by atoms with E-state index in [0.717, 1.165) is 0 Å². The first-order valence-corrected chi connectivity index (χ1v) is 4.20. The van der Waals surface area contributed by atoms with E-state index < -0.39 is 9.89 Å². The second-order valence-electron chi connectivity index (χ2n) is 1.73. The molecule has 7 heteroatoms. The third-order valence-electron chi connectivity index (χ3n) is 0.667. The van der Waals surface area contributed by atoms with Crippen LogP contribution in [0.3, 0.4) is 0 Å². The molecular formula is C5H8Cl3NO3. The van der Waals surface area contributed by atoms with Gasteiger partial charge in [0.05, 0.1) is 6.61 Å². The predicted molar refractivity (Wildman–Crippen MR) is 46.4 cm³/mol. The molecule has 0 saturated carbocycles. The van der Waals surface area contributed by atoms with Crippen LogP contribution in [-0.2, 0) is 9.57 Å². The molecule has 0 fully saturated rings. The van der Waals surface area contributed by atoms with Crippen molar-refractivity contribution in [2.45, 2.75) is 10.7 Å². The molecule has 72 valence electrons. The maximum Gasteiger partial charge on any atom is 0.431 e. The van der Waals surface area contributed by atoms with Crippen LogP contribution in [0, 0.1) is 0 Å². The van der Waals surface area contributed by atoms with Gasteiger partial charge < -0.3 is 4.74 Å². The van der Waals surface area contributed by atoms with E-state index in [0.29, 0.717) is 0 Å². The fourth-order valence-electron chi connectivity index (χ4n) is 0.337. The Bertz CT molecular complexity index is 147. The quantitative estimate of drug-likeness (QED) is 0.602. The molecule has 0 aromatic rings. The monoisotopic (exact) mass is 235 g/mol. The van der Waals surface area contributed by atoms with Crippen molar-refractivity contribution >= 4 is 40.9 Å². The lowest BCUT2D eigenvalue weighted by Crippen LogP contribution is -2.28. The summed E-state index contributed by atoms with van der Waals surface area (Å²) in [7, 11) is 0. The van der Waals surface area contributed by atoms with Crippen molar-refractivity contribution in [1.29, 1.82) is 0 Å². The fraction of sp³-hybridized carbons (Fsp3) is 0.800. The van der Waals surface area contributed by atoms with E-state index >= 15 is 0 Å². The Morgan fingerprint density at radius 3 is 2.50 bits per heavy atom. The number of ether oxygens (including phenoxy) is 1. The molecule has 0 heterocycles. The molecule has 0 saturated heterocycles. The molecule has 0 aliphatic rings. The van der Waals surface area contributed by atoms with Crippen molar-refractivity contribution in [3.8, 4) is 0 Å². The van der Waals surface area contributed by atoms with Gasteiger partial charge in [-0.3, -0.25) is 4.84 Å². The summed E-state index contributed by atoms with van der Waals surface area (Å²) in [6, 6.07) is 0. The van der Waals surface area contributed by atoms with Crippen molar-refractivity contribution < 1.29 is 14.4 Å². The summed E-state index contributed by atoms with van der Waals surface area (Å²) < 4.78 is 2.91. The van der Waals surface area contributed by atoms with Gasteiger partial charge in [0.15, 0.2) is 0 Å². The van der Waals surface area contributed by atoms with E-state index in [1.807, 2.05) is 5.48 Å². The Balaban J connectivity index is 3.37. The summed E-state index contributed by atoms with van der Waals surface area (Å²) in [4.78, 5) is 15.0. The largest absolute Gasteiger partial charge is 0.448 e. The smallest absolute Gasteiger partial charge is 0.431 e. The van der Waals surface area contributed by atoms with Crippen LogP contribution >= 0.6 is 34.8 Å². The summed E-state index contributed by atoms with van der Waals surface area (Å²) >= 11 is 15.9. The van der Waals surface area contributed by atoms with Crippen molar-refractivity contribution in [2.24, 2.45) is 0 Å². The summed E-state index contributed by atoms with van der Waals surface area (Å²) in [6.45, 7) is 1.67. The molecule has 0 aliphatic heterocycles. The zero-order valence-corrected chi connectivity index (χ0v) is 8.54. The Hall–Kier alpha value is 0.1000. The van der Waals surface area contributed by atoms with Crippen LogP contribution in [0.15, 0.2) is 0 Å². The average Bonchev–Trinajstić information content (AvgIpc) is 1.84. The molecule has 0 rings (SSSR count). The minimum Gasteiger partial charge on any atom is -0.448 e. The maximum atomic E-state index is 10.5. The first-order chi connectivity index (χ1) is 5.45. The van der Waals surface area contributed by atoms with Gasteiger partial charge in [0.1, 0.15) is 6.61 Å². The second kappa shape index (κ2) is 5.70. The standard InChI is InChI=1S/C5H8Cl3NO3/c1-2-11-4(10)9-12-3-5(6,7)8/h2-3H2,1H3,(H,9,10). The Labute approximate surface area is 85.0 Å². The number of carbonyl (C=O) groups is 1. The molecule has 0 radical (unpaired) electrons. The lowest BCUT2D eigenvalue weighted by atomic mass is 10.8. The van der Waals surface area contributed by atoms with E-state index in [9.17, 15) is 4.79 Å². The molecule has 0 aromatic carbocycles. The average molecular weight is 236 g/mol. The van der Waals surface area contributed by atoms with Gasteiger partial charge >= 0.3 is 6.09 Å². The Kier molecular flexibility index (Phi) is 5.74. The highest BCUT2D eigenvalue weighted by Gasteiger charge is 2.20. The number of amides is 1. The first kappa shape index (κ1) is 12.1. The summed E-state index contributed by atoms with van der Waals surface area (Å²) in [5, 5.41) is 0. The molecule has 1 N–H and O–H groups in total. The molecular weight excluding hydrogens is 228 g/mol. The molecule has 0 atom stereocenters. The topological polar surface area (TPSA) is 47.6 Å². The van der Waals surface area contributed by atoms with Gasteiger partial charge in [0, 0.05) is 0 Å². The molecule has 0 aliphatic carbocycles. The molecule has 0 spiro atoms. The number of rotatable bonds is 3. The van der Waals surface area contributed by atoms with E-state index in [1.54, 1.807) is 6.92 Å². The zero-order chi connectivity index (χ0) is 9.61. The number of hydrogen-bond acceptors (Lipinski definition) is 3. The summed E-state index contributed by atoms with van der Waals surface area (Å²) in [5.41, 5.74) is 1.93. The summed E-state index contributed by atoms with van der Waals surface area (Å²) in [5.74, 6) is 0. The minimum atomic E-state index is -1.54. The SMILES string of the molecule is CCOC(=O)NOCC(Cl)(Cl)Cl. The van der Waals surface area contributed by atoms with Crippen LogP contribution in [0.1, 0.15) is 6.92 Å². The van der Waals surface area contributed by atoms with Crippen LogP contribution in [0.4, 0.5) is 4.79 Å². The van der Waals surface area contributed by atoms with Gasteiger partial charge in [-0.05, 0) is 6.92 Å². The summed E-state index contributed by atoms with van der Waals surface area (Å²) in [6.07, 6.45) is -0.716. The van der Waals surface area contributed by atoms with Gasteiger partial charge in [-0.2, -0.15) is 5.48 Å². The molecule has 12 heavy (non-hydrogen) atoms. The van der Waals surface area contributed by atoms with E-state index in [4.69, 9.17) is 34.8 Å². The van der Waals surface area contributed by atoms with Crippen LogP contribution < -0.4 is 5.48 Å². The van der Waals surface area contributed by atoms with Gasteiger partial charge in [-0.1, -0.05) is 34.8 Å². The van der Waals surface area contributed by atoms with E-state index in [2.05, 4.69) is 9.57 Å². The number of hydrogen-bond donors (Lipinski definition) is 1. The third kappa shape index (κ3) is 8.20. The molecule has 0 bridgehead atoms. The van der Waals surface area contributed by atoms with Gasteiger partial charge in [0.2, 0.25) is 3.79 Å². The number of carbonyl (C=O) groups excluding carboxylic acids is 1. The van der Waals surface area contributed by atoms with Crippen LogP contribution in [0.5, 0.6) is 0 Å². The number of halogens is 3. The molecule has 0 aromatic heterocycles. The lowest BCUT2D eigenvalue weighted by molar-refractivity contribution is 0.0320. The van der Waals surface area contributed by atoms with Crippen molar-refractivity contribution in [3.05, 3.63) is 0 Å². The second-order valence-corrected chi connectivity index (χ2v) is 4.24. The fourth-order valence-corrected chi connectivity index (χ4v) is 0.501. The van der Waals surface area contributed by atoms with Crippen molar-refractivity contribution in [1.82, 2.24) is 5.48 Å². The van der Waals surface area contributed by atoms with Gasteiger partial charge in [-0.15, -0.1) is 0 Å². The lowest BCUT2D eigenvalue weighted by Gasteiger charge is -2.10. The predicted octanol–water partition coefficient (Wildman–Crippen LogP) is 2.03. The Morgan fingerprint density at radius 1 is 1.50 bits per heavy atom. The van der Waals surface area contributed by atoms with E-state index in [-0.39, 0.29) is 13.2 Å². The third-order valence-corrected chi connectivity index (χ3v) is 0.994. The van der Waals surface area contributed by atoms with Crippen LogP contribution in [0.25, 0.3) is 0 Å². The van der Waals surface area contributed by atoms with Gasteiger partial charge in [0.25, 0.3) is 0 Å². The van der Waals surface area contributed by atoms with Crippen molar-refractivity contribution in [3.63, 3.8) is 0 Å². The molecule has 4 nitrogen and oxygen atoms in total. The Morgan fingerprint density at radius 2 is 2.08 bits per heavy atom. The molecule has 0 unspecified atom stereocenters. The number of alkyl halides is 3. The first-order valence-electron chi connectivity index (χ1n) is 3.07. The highest BCUT2D eigenvalue weighted by molar-refractivity contribution is 6.67. The van der Waals surface area contributed by atoms with E-state index in [1.165, 1.54) is 0 Å².